The Morgan fingerprint density at radius 3 is 2.10 bits per heavy atom. The summed E-state index contributed by atoms with van der Waals surface area (Å²) in [5.41, 5.74) is 14.1. The van der Waals surface area contributed by atoms with E-state index in [0.29, 0.717) is 5.71 Å². The normalized spacial score (nSPS) is 12.5. The van der Waals surface area contributed by atoms with Crippen molar-refractivity contribution in [2.24, 2.45) is 0 Å². The maximum absolute atomic E-state index is 9.05. The Bertz CT molecular complexity index is 3560. The zero-order chi connectivity index (χ0) is 47.0. The van der Waals surface area contributed by atoms with Crippen molar-refractivity contribution in [2.75, 3.05) is 0 Å². The van der Waals surface area contributed by atoms with Gasteiger partial charge < -0.3 is 8.98 Å². The van der Waals surface area contributed by atoms with Crippen LogP contribution in [0.5, 0.6) is 0 Å². The van der Waals surface area contributed by atoms with E-state index in [4.69, 9.17) is 12.1 Å². The molecule has 67 heavy (non-hydrogen) atoms. The summed E-state index contributed by atoms with van der Waals surface area (Å²) in [6, 6.07) is 70.3. The molecule has 0 bridgehead atoms. The summed E-state index contributed by atoms with van der Waals surface area (Å²) >= 11 is -2.32. The van der Waals surface area contributed by atoms with Crippen molar-refractivity contribution in [2.45, 2.75) is 43.4 Å². The zero-order valence-corrected chi connectivity index (χ0v) is 42.6. The maximum atomic E-state index is 9.05. The first-order valence-corrected chi connectivity index (χ1v) is 29.8. The van der Waals surface area contributed by atoms with E-state index >= 15 is 0 Å². The predicted molar refractivity (Wildman–Crippen MR) is 276 cm³/mol. The van der Waals surface area contributed by atoms with Crippen molar-refractivity contribution in [1.82, 2.24) is 19.5 Å². The molecule has 0 saturated heterocycles. The summed E-state index contributed by atoms with van der Waals surface area (Å²) in [7, 11) is 0. The smallest absolute Gasteiger partial charge is 0 e. The van der Waals surface area contributed by atoms with Crippen LogP contribution in [0.15, 0.2) is 199 Å². The molecule has 11 aromatic rings. The summed E-state index contributed by atoms with van der Waals surface area (Å²) in [4.78, 5) is 14.5. The second kappa shape index (κ2) is 19.6. The first kappa shape index (κ1) is 42.9. The van der Waals surface area contributed by atoms with E-state index in [2.05, 4.69) is 141 Å². The van der Waals surface area contributed by atoms with E-state index in [1.54, 1.807) is 0 Å². The largest absolute Gasteiger partial charge is 0 e. The average Bonchev–Trinajstić information content (AvgIpc) is 3.95. The van der Waals surface area contributed by atoms with E-state index in [9.17, 15) is 0 Å². The molecule has 0 N–H and O–H groups in total. The van der Waals surface area contributed by atoms with E-state index in [-0.39, 0.29) is 26.0 Å². The fraction of sp³-hybridized carbons (Fsp3) is 0.117. The number of benzene rings is 7. The van der Waals surface area contributed by atoms with E-state index in [1.165, 1.54) is 5.56 Å². The van der Waals surface area contributed by atoms with Gasteiger partial charge in [-0.05, 0) is 60.0 Å². The summed E-state index contributed by atoms with van der Waals surface area (Å²) in [5.74, 6) is 7.39. The number of para-hydroxylation sites is 2. The monoisotopic (exact) mass is 1110 g/mol. The number of furan rings is 1. The van der Waals surface area contributed by atoms with Crippen molar-refractivity contribution in [3.63, 3.8) is 0 Å². The van der Waals surface area contributed by atoms with Crippen LogP contribution in [0.3, 0.4) is 0 Å². The van der Waals surface area contributed by atoms with Crippen molar-refractivity contribution < 1.29 is 27.3 Å². The molecule has 0 spiro atoms. The maximum Gasteiger partial charge on any atom is 0 e. The molecule has 1 radical (unpaired) electrons. The minimum absolute atomic E-state index is 0. The van der Waals surface area contributed by atoms with Gasteiger partial charge in [0.05, 0.1) is 22.4 Å². The predicted octanol–water partition coefficient (Wildman–Crippen LogP) is 14.9. The van der Waals surface area contributed by atoms with Crippen LogP contribution in [0.2, 0.25) is 17.3 Å². The van der Waals surface area contributed by atoms with Gasteiger partial charge in [0.1, 0.15) is 0 Å². The van der Waals surface area contributed by atoms with Crippen molar-refractivity contribution in [1.29, 1.82) is 0 Å². The zero-order valence-electron chi connectivity index (χ0n) is 40.1. The molecular weight excluding hydrogens is 1060 g/mol. The van der Waals surface area contributed by atoms with E-state index in [1.807, 2.05) is 111 Å². The minimum atomic E-state index is -2.32. The number of pyridine rings is 2. The molecule has 0 aliphatic carbocycles. The molecule has 7 heteroatoms. The number of aromatic nitrogens is 4. The van der Waals surface area contributed by atoms with Gasteiger partial charge in [-0.3, -0.25) is 4.98 Å². The molecular formula is C60H50GeIrN4O-2. The number of aryl methyl sites for hydroxylation is 1. The van der Waals surface area contributed by atoms with Crippen molar-refractivity contribution in [3.8, 4) is 50.6 Å². The van der Waals surface area contributed by atoms with Gasteiger partial charge in [-0.1, -0.05) is 89.8 Å². The summed E-state index contributed by atoms with van der Waals surface area (Å²) in [6.45, 7) is 3.95. The Balaban J connectivity index is 0.000000185. The number of hydrogen-bond acceptors (Lipinski definition) is 4. The summed E-state index contributed by atoms with van der Waals surface area (Å²) < 4.78 is 27.9. The molecule has 0 aliphatic heterocycles. The molecule has 11 rings (SSSR count). The fourth-order valence-electron chi connectivity index (χ4n) is 8.64. The third-order valence-electron chi connectivity index (χ3n) is 12.0. The van der Waals surface area contributed by atoms with E-state index < -0.39 is 19.6 Å². The summed E-state index contributed by atoms with van der Waals surface area (Å²) in [6.07, 6.45) is 0.433. The van der Waals surface area contributed by atoms with Crippen LogP contribution in [-0.2, 0) is 26.5 Å². The van der Waals surface area contributed by atoms with E-state index in [0.717, 1.165) is 93.6 Å². The minimum Gasteiger partial charge on any atom is 0 e. The van der Waals surface area contributed by atoms with Crippen LogP contribution >= 0.6 is 0 Å². The van der Waals surface area contributed by atoms with Gasteiger partial charge in [0, 0.05) is 42.4 Å². The van der Waals surface area contributed by atoms with Gasteiger partial charge in [0.15, 0.2) is 0 Å². The SMILES string of the molecule is Cc1ccc2c(n1)oc1c(-c3nc4ccccc4n3-c3ccc(-c4ccccc4)cc3-c3ccccc3)[c-]ccc12.[2H]C([2H])(c1cc(-c2[c-]cccc2)nc[c]1[Ge]([CH3])([CH3])[CH3])C(C)c1ccccc1.[Ir]. The van der Waals surface area contributed by atoms with Crippen LogP contribution < -0.4 is 4.40 Å². The Labute approximate surface area is 412 Å². The number of nitrogens with zero attached hydrogens (tertiary/aromatic N) is 4. The molecule has 1 atom stereocenters. The third-order valence-corrected chi connectivity index (χ3v) is 16.2. The quantitative estimate of drug-likeness (QED) is 0.107. The number of hydrogen-bond donors (Lipinski definition) is 0. The van der Waals surface area contributed by atoms with Gasteiger partial charge in [0.2, 0.25) is 5.71 Å². The molecule has 0 amide bonds. The molecule has 5 nitrogen and oxygen atoms in total. The first-order valence-electron chi connectivity index (χ1n) is 23.4. The van der Waals surface area contributed by atoms with Crippen molar-refractivity contribution >= 4 is 50.8 Å². The topological polar surface area (TPSA) is 56.7 Å². The molecule has 4 aromatic heterocycles. The van der Waals surface area contributed by atoms with Crippen LogP contribution in [0, 0.1) is 19.1 Å². The Morgan fingerprint density at radius 2 is 1.37 bits per heavy atom. The van der Waals surface area contributed by atoms with Gasteiger partial charge >= 0.3 is 157 Å². The summed E-state index contributed by atoms with van der Waals surface area (Å²) in [5, 5.41) is 1.99. The molecule has 1 unspecified atom stereocenters. The number of rotatable bonds is 9. The Kier molecular flexibility index (Phi) is 12.6. The van der Waals surface area contributed by atoms with Gasteiger partial charge in [-0.2, -0.15) is 0 Å². The molecule has 0 fully saturated rings. The molecule has 331 valence electrons. The average molecular weight is 1110 g/mol. The van der Waals surface area contributed by atoms with Gasteiger partial charge in [-0.15, -0.1) is 18.2 Å². The number of fused-ring (bicyclic) bond motifs is 4. The standard InChI is InChI=1S/C37H24N3O.C23H26GeN.Ir/c1-24-19-21-29-28-15-10-16-30(35(28)41-37(29)38-24)36-39-32-17-8-9-18-34(32)40(36)33-22-20-27(25-11-4-2-5-12-25)23-31(33)26-13-6-3-7-14-26;1-18(19-11-7-5-8-12-19)15-21-16-23(20-13-9-6-10-14-20)25-17-22(21)24(2,3)4;/h2-15,17-23H,1H3;5-13,16-18H,15H2,1-4H3;/q2*-1;/i;15D2;. The Hall–Kier alpha value is -6.70. The fourth-order valence-corrected chi connectivity index (χ4v) is 11.6. The second-order valence-electron chi connectivity index (χ2n) is 17.6. The first-order chi connectivity index (χ1) is 33.0. The van der Waals surface area contributed by atoms with Crippen LogP contribution in [-0.4, -0.2) is 32.8 Å². The second-order valence-corrected chi connectivity index (χ2v) is 28.2. The van der Waals surface area contributed by atoms with Crippen LogP contribution in [0.25, 0.3) is 83.7 Å². The third kappa shape index (κ3) is 9.48. The Morgan fingerprint density at radius 1 is 0.672 bits per heavy atom. The van der Waals surface area contributed by atoms with Gasteiger partial charge in [-0.25, -0.2) is 4.98 Å². The molecule has 7 aromatic carbocycles. The van der Waals surface area contributed by atoms with Crippen LogP contribution in [0.4, 0.5) is 0 Å². The molecule has 0 aliphatic rings. The van der Waals surface area contributed by atoms with Crippen molar-refractivity contribution in [3.05, 3.63) is 223 Å². The molecule has 0 saturated carbocycles. The van der Waals surface area contributed by atoms with Gasteiger partial charge in [0.25, 0.3) is 0 Å². The number of imidazole rings is 1. The van der Waals surface area contributed by atoms with Crippen LogP contribution in [0.1, 0.15) is 32.4 Å². The molecule has 4 heterocycles.